The van der Waals surface area contributed by atoms with Gasteiger partial charge >= 0.3 is 0 Å². The number of halogens is 1. The normalized spacial score (nSPS) is 24.9. The monoisotopic (exact) mass is 258 g/mol. The molecule has 2 aromatic carbocycles. The number of hydrogen-bond donors (Lipinski definition) is 1. The van der Waals surface area contributed by atoms with Crippen LogP contribution in [0.1, 0.15) is 24.2 Å². The van der Waals surface area contributed by atoms with Crippen molar-refractivity contribution in [2.24, 2.45) is 0 Å². The van der Waals surface area contributed by atoms with E-state index in [1.165, 1.54) is 6.07 Å². The first kappa shape index (κ1) is 12.2. The van der Waals surface area contributed by atoms with Crippen molar-refractivity contribution in [3.63, 3.8) is 0 Å². The first-order valence-corrected chi connectivity index (χ1v) is 6.29. The van der Waals surface area contributed by atoms with Gasteiger partial charge in [-0.1, -0.05) is 36.4 Å². The van der Waals surface area contributed by atoms with Crippen LogP contribution in [0.5, 0.6) is 5.75 Å². The average molecular weight is 258 g/mol. The van der Waals surface area contributed by atoms with Crippen LogP contribution in [-0.4, -0.2) is 10.7 Å². The molecular weight excluding hydrogens is 243 g/mol. The minimum atomic E-state index is -0.828. The smallest absolute Gasteiger partial charge is 0.140 e. The Kier molecular flexibility index (Phi) is 2.79. The van der Waals surface area contributed by atoms with E-state index in [9.17, 15) is 9.50 Å². The van der Waals surface area contributed by atoms with Crippen molar-refractivity contribution in [2.75, 3.05) is 0 Å². The van der Waals surface area contributed by atoms with Crippen molar-refractivity contribution >= 4 is 0 Å². The Hall–Kier alpha value is -1.87. The molecule has 0 radical (unpaired) electrons. The van der Waals surface area contributed by atoms with Crippen LogP contribution < -0.4 is 4.74 Å². The molecule has 0 aliphatic carbocycles. The maximum absolute atomic E-state index is 13.7. The molecule has 0 unspecified atom stereocenters. The van der Waals surface area contributed by atoms with Crippen LogP contribution in [-0.2, 0) is 6.42 Å². The van der Waals surface area contributed by atoms with Gasteiger partial charge in [0.2, 0.25) is 0 Å². The van der Waals surface area contributed by atoms with E-state index in [0.29, 0.717) is 17.7 Å². The minimum absolute atomic E-state index is 0.268. The first-order valence-electron chi connectivity index (χ1n) is 6.29. The molecule has 1 N–H and O–H groups in total. The minimum Gasteiger partial charge on any atom is -0.484 e. The lowest BCUT2D eigenvalue weighted by molar-refractivity contribution is -0.0140. The van der Waals surface area contributed by atoms with Crippen molar-refractivity contribution in [1.82, 2.24) is 0 Å². The lowest BCUT2D eigenvalue weighted by Crippen LogP contribution is -2.37. The van der Waals surface area contributed by atoms with Gasteiger partial charge in [-0.25, -0.2) is 4.39 Å². The van der Waals surface area contributed by atoms with Crippen molar-refractivity contribution in [3.8, 4) is 5.75 Å². The highest BCUT2D eigenvalue weighted by Gasteiger charge is 2.44. The summed E-state index contributed by atoms with van der Waals surface area (Å²) >= 11 is 0. The maximum Gasteiger partial charge on any atom is 0.140 e. The standard InChI is InChI=1S/C16H15FO2/c1-16(10-11-6-2-4-8-13(11)17)15(18)12-7-3-5-9-14(12)19-16/h2-9,15,18H,10H2,1H3/t15-,16-/m0/s1. The summed E-state index contributed by atoms with van der Waals surface area (Å²) in [4.78, 5) is 0. The molecule has 98 valence electrons. The molecule has 1 heterocycles. The van der Waals surface area contributed by atoms with Gasteiger partial charge in [-0.2, -0.15) is 0 Å². The van der Waals surface area contributed by atoms with Crippen molar-refractivity contribution < 1.29 is 14.2 Å². The third-order valence-electron chi connectivity index (χ3n) is 3.63. The van der Waals surface area contributed by atoms with Crippen molar-refractivity contribution in [3.05, 3.63) is 65.5 Å². The lowest BCUT2D eigenvalue weighted by Gasteiger charge is -2.28. The van der Waals surface area contributed by atoms with Crippen LogP contribution in [0.25, 0.3) is 0 Å². The molecule has 2 atom stereocenters. The van der Waals surface area contributed by atoms with Crippen molar-refractivity contribution in [2.45, 2.75) is 25.0 Å². The molecule has 0 saturated heterocycles. The highest BCUT2D eigenvalue weighted by Crippen LogP contribution is 2.44. The highest BCUT2D eigenvalue weighted by atomic mass is 19.1. The Morgan fingerprint density at radius 1 is 1.16 bits per heavy atom. The third-order valence-corrected chi connectivity index (χ3v) is 3.63. The zero-order chi connectivity index (χ0) is 13.5. The second-order valence-electron chi connectivity index (χ2n) is 5.12. The number of para-hydroxylation sites is 1. The summed E-state index contributed by atoms with van der Waals surface area (Å²) < 4.78 is 19.6. The second-order valence-corrected chi connectivity index (χ2v) is 5.12. The first-order chi connectivity index (χ1) is 9.10. The Bertz CT molecular complexity index is 611. The summed E-state index contributed by atoms with van der Waals surface area (Å²) in [7, 11) is 0. The average Bonchev–Trinajstić information content (AvgIpc) is 2.65. The Morgan fingerprint density at radius 2 is 1.84 bits per heavy atom. The summed E-state index contributed by atoms with van der Waals surface area (Å²) in [5.74, 6) is 0.407. The van der Waals surface area contributed by atoms with Crippen molar-refractivity contribution in [1.29, 1.82) is 0 Å². The third kappa shape index (κ3) is 2.00. The fourth-order valence-electron chi connectivity index (χ4n) is 2.59. The van der Waals surface area contributed by atoms with Crippen LogP contribution in [0.4, 0.5) is 4.39 Å². The Morgan fingerprint density at radius 3 is 2.58 bits per heavy atom. The van der Waals surface area contributed by atoms with Gasteiger partial charge in [0, 0.05) is 12.0 Å². The quantitative estimate of drug-likeness (QED) is 0.896. The van der Waals surface area contributed by atoms with Gasteiger partial charge in [0.25, 0.3) is 0 Å². The van der Waals surface area contributed by atoms with E-state index in [4.69, 9.17) is 4.74 Å². The topological polar surface area (TPSA) is 29.5 Å². The second kappa shape index (κ2) is 4.35. The van der Waals surface area contributed by atoms with Gasteiger partial charge in [-0.05, 0) is 24.6 Å². The molecule has 0 bridgehead atoms. The van der Waals surface area contributed by atoms with Gasteiger partial charge in [-0.15, -0.1) is 0 Å². The number of aliphatic hydroxyl groups excluding tert-OH is 1. The van der Waals surface area contributed by atoms with Gasteiger partial charge in [0.15, 0.2) is 0 Å². The number of rotatable bonds is 2. The largest absolute Gasteiger partial charge is 0.484 e. The fourth-order valence-corrected chi connectivity index (χ4v) is 2.59. The van der Waals surface area contributed by atoms with E-state index in [2.05, 4.69) is 0 Å². The Labute approximate surface area is 111 Å². The van der Waals surface area contributed by atoms with Crippen LogP contribution in [0.15, 0.2) is 48.5 Å². The summed E-state index contributed by atoms with van der Waals surface area (Å²) in [6.45, 7) is 1.81. The van der Waals surface area contributed by atoms with E-state index in [-0.39, 0.29) is 5.82 Å². The van der Waals surface area contributed by atoms with Crippen LogP contribution >= 0.6 is 0 Å². The van der Waals surface area contributed by atoms with Crippen LogP contribution in [0, 0.1) is 5.82 Å². The highest BCUT2D eigenvalue weighted by molar-refractivity contribution is 5.42. The Balaban J connectivity index is 1.93. The number of hydrogen-bond acceptors (Lipinski definition) is 2. The molecule has 0 aromatic heterocycles. The van der Waals surface area contributed by atoms with Gasteiger partial charge in [0.1, 0.15) is 23.3 Å². The number of aliphatic hydroxyl groups is 1. The fraction of sp³-hybridized carbons (Fsp3) is 0.250. The maximum atomic E-state index is 13.7. The molecule has 0 spiro atoms. The molecule has 2 nitrogen and oxygen atoms in total. The molecule has 0 amide bonds. The number of benzene rings is 2. The van der Waals surface area contributed by atoms with Gasteiger partial charge in [0.05, 0.1) is 0 Å². The molecular formula is C16H15FO2. The predicted molar refractivity (Wildman–Crippen MR) is 70.5 cm³/mol. The van der Waals surface area contributed by atoms with E-state index in [1.807, 2.05) is 31.2 Å². The molecule has 2 aromatic rings. The zero-order valence-electron chi connectivity index (χ0n) is 10.6. The van der Waals surface area contributed by atoms with Crippen LogP contribution in [0.2, 0.25) is 0 Å². The molecule has 1 aliphatic rings. The molecule has 1 aliphatic heterocycles. The summed E-state index contributed by atoms with van der Waals surface area (Å²) in [5.41, 5.74) is 0.490. The summed E-state index contributed by atoms with van der Waals surface area (Å²) in [6, 6.07) is 14.0. The number of ether oxygens (including phenoxy) is 1. The molecule has 3 rings (SSSR count). The predicted octanol–water partition coefficient (Wildman–Crippen LogP) is 3.25. The molecule has 3 heteroatoms. The number of fused-ring (bicyclic) bond motifs is 1. The molecule has 0 saturated carbocycles. The van der Waals surface area contributed by atoms with E-state index in [1.54, 1.807) is 18.2 Å². The molecule has 19 heavy (non-hydrogen) atoms. The SMILES string of the molecule is C[C@@]1(Cc2ccccc2F)Oc2ccccc2[C@@H]1O. The van der Waals surface area contributed by atoms with E-state index in [0.717, 1.165) is 5.56 Å². The lowest BCUT2D eigenvalue weighted by atomic mass is 9.89. The zero-order valence-corrected chi connectivity index (χ0v) is 10.6. The van der Waals surface area contributed by atoms with Gasteiger partial charge in [-0.3, -0.25) is 0 Å². The summed E-state index contributed by atoms with van der Waals surface area (Å²) in [5, 5.41) is 10.4. The van der Waals surface area contributed by atoms with Crippen LogP contribution in [0.3, 0.4) is 0 Å². The van der Waals surface area contributed by atoms with E-state index < -0.39 is 11.7 Å². The van der Waals surface area contributed by atoms with Gasteiger partial charge < -0.3 is 9.84 Å². The molecule has 0 fully saturated rings. The van der Waals surface area contributed by atoms with E-state index >= 15 is 0 Å². The summed E-state index contributed by atoms with van der Waals surface area (Å²) in [6.07, 6.45) is -0.418.